The predicted molar refractivity (Wildman–Crippen MR) is 104 cm³/mol. The molecule has 0 atom stereocenters. The zero-order valence-electron chi connectivity index (χ0n) is 15.6. The molecule has 2 rings (SSSR count). The summed E-state index contributed by atoms with van der Waals surface area (Å²) in [4.78, 5) is 22.9. The van der Waals surface area contributed by atoms with Gasteiger partial charge in [0.2, 0.25) is 5.91 Å². The van der Waals surface area contributed by atoms with Crippen LogP contribution in [0.25, 0.3) is 0 Å². The lowest BCUT2D eigenvalue weighted by Crippen LogP contribution is -2.23. The molecule has 1 aromatic carbocycles. The summed E-state index contributed by atoms with van der Waals surface area (Å²) >= 11 is 0. The molecule has 0 fully saturated rings. The van der Waals surface area contributed by atoms with E-state index in [-0.39, 0.29) is 11.8 Å². The molecule has 1 aromatic heterocycles. The predicted octanol–water partition coefficient (Wildman–Crippen LogP) is 3.97. The first-order valence-corrected chi connectivity index (χ1v) is 8.71. The lowest BCUT2D eigenvalue weighted by molar-refractivity contribution is -0.118. The van der Waals surface area contributed by atoms with Gasteiger partial charge in [-0.25, -0.2) is 9.97 Å². The topological polar surface area (TPSA) is 70.2 Å². The molecule has 6 nitrogen and oxygen atoms in total. The zero-order chi connectivity index (χ0) is 18.4. The van der Waals surface area contributed by atoms with Gasteiger partial charge in [0.1, 0.15) is 17.5 Å². The molecule has 6 heteroatoms. The second-order valence-electron chi connectivity index (χ2n) is 6.18. The Labute approximate surface area is 149 Å². The number of nitrogens with zero attached hydrogens (tertiary/aromatic N) is 3. The van der Waals surface area contributed by atoms with E-state index in [4.69, 9.17) is 0 Å². The summed E-state index contributed by atoms with van der Waals surface area (Å²) in [6.45, 7) is 11.7. The van der Waals surface area contributed by atoms with Crippen LogP contribution in [0.15, 0.2) is 30.3 Å². The Balaban J connectivity index is 2.13. The molecule has 0 saturated carbocycles. The van der Waals surface area contributed by atoms with Crippen molar-refractivity contribution in [2.24, 2.45) is 5.92 Å². The van der Waals surface area contributed by atoms with Crippen LogP contribution in [0.5, 0.6) is 0 Å². The number of amides is 1. The summed E-state index contributed by atoms with van der Waals surface area (Å²) in [7, 11) is 0. The van der Waals surface area contributed by atoms with E-state index in [1.807, 2.05) is 51.1 Å². The number of carbonyl (C=O) groups is 1. The number of aryl methyl sites for hydroxylation is 1. The first-order chi connectivity index (χ1) is 11.9. The lowest BCUT2D eigenvalue weighted by atomic mass is 10.2. The van der Waals surface area contributed by atoms with Gasteiger partial charge in [-0.05, 0) is 45.0 Å². The highest BCUT2D eigenvalue weighted by Crippen LogP contribution is 2.21. The van der Waals surface area contributed by atoms with Crippen LogP contribution in [-0.2, 0) is 4.79 Å². The Kier molecular flexibility index (Phi) is 6.33. The number of benzene rings is 1. The maximum atomic E-state index is 11.7. The standard InChI is InChI=1S/C19H27N5O/c1-6-24(7-2)18-12-17(20-14(5)21-18)22-15-8-10-16(11-9-15)23-19(25)13(3)4/h8-13H,6-7H2,1-5H3,(H,23,25)(H,20,21,22). The number of rotatable bonds is 7. The number of anilines is 4. The van der Waals surface area contributed by atoms with Crippen LogP contribution in [0.3, 0.4) is 0 Å². The maximum absolute atomic E-state index is 11.7. The van der Waals surface area contributed by atoms with Gasteiger partial charge in [-0.1, -0.05) is 13.8 Å². The highest BCUT2D eigenvalue weighted by molar-refractivity contribution is 5.92. The molecule has 0 saturated heterocycles. The van der Waals surface area contributed by atoms with Crippen molar-refractivity contribution in [3.05, 3.63) is 36.2 Å². The Hall–Kier alpha value is -2.63. The van der Waals surface area contributed by atoms with Crippen LogP contribution in [0.1, 0.15) is 33.5 Å². The van der Waals surface area contributed by atoms with Crippen molar-refractivity contribution in [3.63, 3.8) is 0 Å². The van der Waals surface area contributed by atoms with Gasteiger partial charge in [0.15, 0.2) is 0 Å². The molecule has 0 aliphatic rings. The average molecular weight is 341 g/mol. The Morgan fingerprint density at radius 3 is 2.24 bits per heavy atom. The minimum atomic E-state index is -0.0414. The third kappa shape index (κ3) is 5.17. The molecule has 1 amide bonds. The lowest BCUT2D eigenvalue weighted by Gasteiger charge is -2.20. The minimum Gasteiger partial charge on any atom is -0.357 e. The van der Waals surface area contributed by atoms with E-state index >= 15 is 0 Å². The summed E-state index contributed by atoms with van der Waals surface area (Å²) in [6.07, 6.45) is 0. The van der Waals surface area contributed by atoms with E-state index < -0.39 is 0 Å². The van der Waals surface area contributed by atoms with Crippen LogP contribution in [0, 0.1) is 12.8 Å². The highest BCUT2D eigenvalue weighted by Gasteiger charge is 2.09. The van der Waals surface area contributed by atoms with Crippen molar-refractivity contribution >= 4 is 28.9 Å². The zero-order valence-corrected chi connectivity index (χ0v) is 15.6. The molecule has 0 aliphatic heterocycles. The molecule has 0 spiro atoms. The number of nitrogens with one attached hydrogen (secondary N) is 2. The second kappa shape index (κ2) is 8.46. The van der Waals surface area contributed by atoms with E-state index in [0.717, 1.165) is 41.9 Å². The monoisotopic (exact) mass is 341 g/mol. The molecule has 2 aromatic rings. The number of carbonyl (C=O) groups excluding carboxylic acids is 1. The van der Waals surface area contributed by atoms with Gasteiger partial charge in [0.25, 0.3) is 0 Å². The average Bonchev–Trinajstić information content (AvgIpc) is 2.57. The van der Waals surface area contributed by atoms with Gasteiger partial charge in [0.05, 0.1) is 0 Å². The molecule has 0 bridgehead atoms. The van der Waals surface area contributed by atoms with Gasteiger partial charge in [-0.3, -0.25) is 4.79 Å². The molecule has 0 aliphatic carbocycles. The Bertz CT molecular complexity index is 708. The summed E-state index contributed by atoms with van der Waals surface area (Å²) in [5.74, 6) is 2.37. The quantitative estimate of drug-likeness (QED) is 0.797. The minimum absolute atomic E-state index is 0.0102. The van der Waals surface area contributed by atoms with E-state index in [1.165, 1.54) is 0 Å². The van der Waals surface area contributed by atoms with Crippen molar-refractivity contribution in [1.82, 2.24) is 9.97 Å². The highest BCUT2D eigenvalue weighted by atomic mass is 16.1. The summed E-state index contributed by atoms with van der Waals surface area (Å²) in [5, 5.41) is 6.18. The largest absolute Gasteiger partial charge is 0.357 e. The van der Waals surface area contributed by atoms with Gasteiger partial charge in [-0.2, -0.15) is 0 Å². The third-order valence-electron chi connectivity index (χ3n) is 3.86. The second-order valence-corrected chi connectivity index (χ2v) is 6.18. The molecule has 134 valence electrons. The van der Waals surface area contributed by atoms with Gasteiger partial charge < -0.3 is 15.5 Å². The molecular weight excluding hydrogens is 314 g/mol. The first kappa shape index (κ1) is 18.7. The third-order valence-corrected chi connectivity index (χ3v) is 3.86. The van der Waals surface area contributed by atoms with Crippen molar-refractivity contribution in [1.29, 1.82) is 0 Å². The summed E-state index contributed by atoms with van der Waals surface area (Å²) < 4.78 is 0. The van der Waals surface area contributed by atoms with Crippen molar-refractivity contribution < 1.29 is 4.79 Å². The van der Waals surface area contributed by atoms with E-state index in [0.29, 0.717) is 0 Å². The summed E-state index contributed by atoms with van der Waals surface area (Å²) in [6, 6.07) is 9.55. The SMILES string of the molecule is CCN(CC)c1cc(Nc2ccc(NC(=O)C(C)C)cc2)nc(C)n1. The van der Waals surface area contributed by atoms with Crippen LogP contribution < -0.4 is 15.5 Å². The molecule has 0 unspecified atom stereocenters. The number of hydrogen-bond donors (Lipinski definition) is 2. The first-order valence-electron chi connectivity index (χ1n) is 8.71. The molecular formula is C19H27N5O. The normalized spacial score (nSPS) is 10.6. The summed E-state index contributed by atoms with van der Waals surface area (Å²) in [5.41, 5.74) is 1.69. The van der Waals surface area contributed by atoms with E-state index in [9.17, 15) is 4.79 Å². The van der Waals surface area contributed by atoms with Crippen LogP contribution in [0.2, 0.25) is 0 Å². The number of hydrogen-bond acceptors (Lipinski definition) is 5. The molecule has 2 N–H and O–H groups in total. The van der Waals surface area contributed by atoms with Crippen molar-refractivity contribution in [2.45, 2.75) is 34.6 Å². The molecule has 1 heterocycles. The van der Waals surface area contributed by atoms with Crippen LogP contribution in [0.4, 0.5) is 23.0 Å². The Morgan fingerprint density at radius 2 is 1.68 bits per heavy atom. The number of aromatic nitrogens is 2. The van der Waals surface area contributed by atoms with Gasteiger partial charge in [0, 0.05) is 36.4 Å². The van der Waals surface area contributed by atoms with E-state index in [2.05, 4.69) is 39.3 Å². The molecule has 25 heavy (non-hydrogen) atoms. The molecule has 0 radical (unpaired) electrons. The fourth-order valence-corrected chi connectivity index (χ4v) is 2.40. The Morgan fingerprint density at radius 1 is 1.08 bits per heavy atom. The fourth-order valence-electron chi connectivity index (χ4n) is 2.40. The maximum Gasteiger partial charge on any atom is 0.226 e. The van der Waals surface area contributed by atoms with E-state index in [1.54, 1.807) is 0 Å². The van der Waals surface area contributed by atoms with Gasteiger partial charge in [-0.15, -0.1) is 0 Å². The van der Waals surface area contributed by atoms with Crippen molar-refractivity contribution in [3.8, 4) is 0 Å². The smallest absolute Gasteiger partial charge is 0.226 e. The van der Waals surface area contributed by atoms with Gasteiger partial charge >= 0.3 is 0 Å². The fraction of sp³-hybridized carbons (Fsp3) is 0.421. The van der Waals surface area contributed by atoms with Crippen molar-refractivity contribution in [2.75, 3.05) is 28.6 Å². The van der Waals surface area contributed by atoms with Crippen LogP contribution >= 0.6 is 0 Å². The van der Waals surface area contributed by atoms with Crippen LogP contribution in [-0.4, -0.2) is 29.0 Å².